The molecule has 3 aromatic carbocycles. The fourth-order valence-corrected chi connectivity index (χ4v) is 3.62. The van der Waals surface area contributed by atoms with Crippen molar-refractivity contribution in [2.45, 2.75) is 12.5 Å². The first-order valence-corrected chi connectivity index (χ1v) is 10.3. The Morgan fingerprint density at radius 2 is 1.69 bits per heavy atom. The van der Waals surface area contributed by atoms with Crippen molar-refractivity contribution in [2.75, 3.05) is 11.9 Å². The largest absolute Gasteiger partial charge is 0.455 e. The monoisotopic (exact) mass is 449 g/mol. The van der Waals surface area contributed by atoms with Gasteiger partial charge >= 0.3 is 6.03 Å². The number of hydrogen-bond donors (Lipinski definition) is 2. The number of hydrogen-bond acceptors (Lipinski definition) is 4. The molecule has 0 aliphatic carbocycles. The maximum Gasteiger partial charge on any atom is 0.325 e. The van der Waals surface area contributed by atoms with Gasteiger partial charge in [0.15, 0.2) is 5.75 Å². The van der Waals surface area contributed by atoms with Gasteiger partial charge in [0.05, 0.1) is 5.69 Å². The van der Waals surface area contributed by atoms with Crippen LogP contribution in [0, 0.1) is 0 Å². The van der Waals surface area contributed by atoms with Gasteiger partial charge in [0.1, 0.15) is 17.8 Å². The topological polar surface area (TPSA) is 87.7 Å². The Morgan fingerprint density at radius 1 is 1.03 bits per heavy atom. The molecule has 0 unspecified atom stereocenters. The van der Waals surface area contributed by atoms with Gasteiger partial charge in [0.25, 0.3) is 5.91 Å². The van der Waals surface area contributed by atoms with Gasteiger partial charge in [-0.25, -0.2) is 4.79 Å². The average molecular weight is 450 g/mol. The Labute approximate surface area is 189 Å². The summed E-state index contributed by atoms with van der Waals surface area (Å²) in [5.74, 6) is -0.111. The van der Waals surface area contributed by atoms with E-state index in [1.165, 1.54) is 6.07 Å². The summed E-state index contributed by atoms with van der Waals surface area (Å²) in [4.78, 5) is 39.1. The van der Waals surface area contributed by atoms with Gasteiger partial charge in [-0.15, -0.1) is 0 Å². The third kappa shape index (κ3) is 4.29. The Morgan fingerprint density at radius 3 is 2.38 bits per heavy atom. The molecule has 0 saturated carbocycles. The molecule has 1 fully saturated rings. The molecule has 8 heteroatoms. The van der Waals surface area contributed by atoms with Crippen LogP contribution in [-0.2, 0) is 15.1 Å². The zero-order chi connectivity index (χ0) is 22.7. The van der Waals surface area contributed by atoms with E-state index in [2.05, 4.69) is 10.6 Å². The van der Waals surface area contributed by atoms with Crippen LogP contribution in [0.5, 0.6) is 11.5 Å². The van der Waals surface area contributed by atoms with Gasteiger partial charge in [0, 0.05) is 5.02 Å². The Hall–Kier alpha value is -3.84. The molecule has 162 valence electrons. The molecule has 1 aliphatic rings. The number of rotatable bonds is 6. The number of imide groups is 1. The molecule has 1 heterocycles. The third-order valence-electron chi connectivity index (χ3n) is 5.11. The number of amides is 4. The second-order valence-corrected chi connectivity index (χ2v) is 7.85. The fourth-order valence-electron chi connectivity index (χ4n) is 3.45. The first-order valence-electron chi connectivity index (χ1n) is 9.89. The second kappa shape index (κ2) is 8.72. The van der Waals surface area contributed by atoms with E-state index in [1.807, 2.05) is 24.3 Å². The highest BCUT2D eigenvalue weighted by Gasteiger charge is 2.49. The average Bonchev–Trinajstić information content (AvgIpc) is 3.01. The van der Waals surface area contributed by atoms with E-state index in [0.717, 1.165) is 4.90 Å². The molecule has 3 aromatic rings. The number of carbonyl (C=O) groups is 3. The first kappa shape index (κ1) is 21.4. The number of ether oxygens (including phenoxy) is 1. The highest BCUT2D eigenvalue weighted by Crippen LogP contribution is 2.32. The van der Waals surface area contributed by atoms with Crippen LogP contribution >= 0.6 is 11.6 Å². The van der Waals surface area contributed by atoms with Crippen molar-refractivity contribution in [3.05, 3.63) is 89.4 Å². The molecule has 1 aliphatic heterocycles. The van der Waals surface area contributed by atoms with Gasteiger partial charge in [-0.05, 0) is 42.8 Å². The fraction of sp³-hybridized carbons (Fsp3) is 0.125. The predicted molar refractivity (Wildman–Crippen MR) is 121 cm³/mol. The number of nitrogens with zero attached hydrogens (tertiary/aromatic N) is 1. The van der Waals surface area contributed by atoms with Gasteiger partial charge in [0.2, 0.25) is 5.91 Å². The van der Waals surface area contributed by atoms with E-state index < -0.39 is 29.9 Å². The lowest BCUT2D eigenvalue weighted by atomic mass is 9.92. The maximum atomic E-state index is 13.0. The Balaban J connectivity index is 1.50. The summed E-state index contributed by atoms with van der Waals surface area (Å²) < 4.78 is 5.84. The van der Waals surface area contributed by atoms with Gasteiger partial charge in [-0.2, -0.15) is 0 Å². The summed E-state index contributed by atoms with van der Waals surface area (Å²) in [5.41, 5.74) is -0.283. The Kier molecular flexibility index (Phi) is 5.83. The molecule has 7 nitrogen and oxygen atoms in total. The van der Waals surface area contributed by atoms with Crippen molar-refractivity contribution in [1.29, 1.82) is 0 Å². The number of halogens is 1. The van der Waals surface area contributed by atoms with Crippen LogP contribution in [0.15, 0.2) is 78.9 Å². The smallest absolute Gasteiger partial charge is 0.325 e. The molecule has 0 aromatic heterocycles. The molecule has 2 N–H and O–H groups in total. The summed E-state index contributed by atoms with van der Waals surface area (Å²) >= 11 is 6.09. The van der Waals surface area contributed by atoms with Crippen LogP contribution in [-0.4, -0.2) is 29.3 Å². The summed E-state index contributed by atoms with van der Waals surface area (Å²) in [5, 5.41) is 5.76. The number of nitrogens with one attached hydrogen (secondary N) is 2. The standard InChI is InChI=1S/C24H20ClN3O4/c1-24(16-8-4-2-5-9-16)22(30)28(23(31)27-24)15-21(29)26-19-14-17(25)12-13-20(19)32-18-10-6-3-7-11-18/h2-14H,15H2,1H3,(H,26,29)(H,27,31)/t24-/m0/s1. The Bertz CT molecular complexity index is 1170. The minimum absolute atomic E-state index is 0.323. The normalized spacial score (nSPS) is 17.8. The number of urea groups is 1. The van der Waals surface area contributed by atoms with Gasteiger partial charge in [-0.1, -0.05) is 60.1 Å². The van der Waals surface area contributed by atoms with E-state index >= 15 is 0 Å². The van der Waals surface area contributed by atoms with E-state index in [0.29, 0.717) is 27.8 Å². The summed E-state index contributed by atoms with van der Waals surface area (Å²) in [6.45, 7) is 1.16. The van der Waals surface area contributed by atoms with Crippen molar-refractivity contribution in [3.63, 3.8) is 0 Å². The van der Waals surface area contributed by atoms with Gasteiger partial charge < -0.3 is 15.4 Å². The molecule has 0 bridgehead atoms. The predicted octanol–water partition coefficient (Wildman–Crippen LogP) is 4.54. The lowest BCUT2D eigenvalue weighted by Gasteiger charge is -2.22. The van der Waals surface area contributed by atoms with Crippen LogP contribution in [0.2, 0.25) is 5.02 Å². The molecular weight excluding hydrogens is 430 g/mol. The minimum Gasteiger partial charge on any atom is -0.455 e. The minimum atomic E-state index is -1.24. The molecule has 1 saturated heterocycles. The summed E-state index contributed by atoms with van der Waals surface area (Å²) in [7, 11) is 0. The first-order chi connectivity index (χ1) is 15.4. The lowest BCUT2D eigenvalue weighted by molar-refractivity contribution is -0.133. The number of carbonyl (C=O) groups excluding carboxylic acids is 3. The van der Waals surface area contributed by atoms with E-state index in [4.69, 9.17) is 16.3 Å². The quantitative estimate of drug-likeness (QED) is 0.541. The zero-order valence-electron chi connectivity index (χ0n) is 17.2. The third-order valence-corrected chi connectivity index (χ3v) is 5.35. The van der Waals surface area contributed by atoms with E-state index in [-0.39, 0.29) is 0 Å². The highest BCUT2D eigenvalue weighted by molar-refractivity contribution is 6.31. The van der Waals surface area contributed by atoms with Crippen molar-refractivity contribution in [2.24, 2.45) is 0 Å². The van der Waals surface area contributed by atoms with Crippen LogP contribution < -0.4 is 15.4 Å². The van der Waals surface area contributed by atoms with Crippen molar-refractivity contribution >= 4 is 35.1 Å². The zero-order valence-corrected chi connectivity index (χ0v) is 17.9. The van der Waals surface area contributed by atoms with E-state index in [9.17, 15) is 14.4 Å². The molecule has 0 radical (unpaired) electrons. The maximum absolute atomic E-state index is 13.0. The molecule has 1 atom stereocenters. The number of para-hydroxylation sites is 1. The number of anilines is 1. The van der Waals surface area contributed by atoms with Crippen molar-refractivity contribution < 1.29 is 19.1 Å². The summed E-state index contributed by atoms with van der Waals surface area (Å²) in [6.07, 6.45) is 0. The molecule has 32 heavy (non-hydrogen) atoms. The molecule has 0 spiro atoms. The van der Waals surface area contributed by atoms with Crippen LogP contribution in [0.3, 0.4) is 0 Å². The van der Waals surface area contributed by atoms with Crippen LogP contribution in [0.1, 0.15) is 12.5 Å². The highest BCUT2D eigenvalue weighted by atomic mass is 35.5. The number of benzene rings is 3. The molecule has 4 rings (SSSR count). The molecule has 4 amide bonds. The van der Waals surface area contributed by atoms with E-state index in [1.54, 1.807) is 55.5 Å². The van der Waals surface area contributed by atoms with Crippen LogP contribution in [0.4, 0.5) is 10.5 Å². The van der Waals surface area contributed by atoms with Gasteiger partial charge in [-0.3, -0.25) is 14.5 Å². The van der Waals surface area contributed by atoms with Crippen molar-refractivity contribution in [1.82, 2.24) is 10.2 Å². The molecular formula is C24H20ClN3O4. The van der Waals surface area contributed by atoms with Crippen molar-refractivity contribution in [3.8, 4) is 11.5 Å². The summed E-state index contributed by atoms with van der Waals surface area (Å²) in [6, 6.07) is 22.1. The SMILES string of the molecule is C[C@@]1(c2ccccc2)NC(=O)N(CC(=O)Nc2cc(Cl)ccc2Oc2ccccc2)C1=O. The lowest BCUT2D eigenvalue weighted by Crippen LogP contribution is -2.42. The second-order valence-electron chi connectivity index (χ2n) is 7.42. The van der Waals surface area contributed by atoms with Crippen LogP contribution in [0.25, 0.3) is 0 Å².